The Labute approximate surface area is 160 Å². The fourth-order valence-corrected chi connectivity index (χ4v) is 3.62. The van der Waals surface area contributed by atoms with Gasteiger partial charge in [0.05, 0.1) is 33.8 Å². The first-order valence-electron chi connectivity index (χ1n) is 8.57. The molecule has 6 heteroatoms. The van der Waals surface area contributed by atoms with E-state index >= 15 is 0 Å². The van der Waals surface area contributed by atoms with E-state index in [2.05, 4.69) is 18.7 Å². The molecule has 4 nitrogen and oxygen atoms in total. The van der Waals surface area contributed by atoms with Crippen molar-refractivity contribution in [3.05, 3.63) is 45.3 Å². The van der Waals surface area contributed by atoms with Gasteiger partial charge in [-0.1, -0.05) is 37.0 Å². The quantitative estimate of drug-likeness (QED) is 0.799. The number of halogens is 2. The summed E-state index contributed by atoms with van der Waals surface area (Å²) in [5.41, 5.74) is 10.7. The van der Waals surface area contributed by atoms with Crippen LogP contribution in [0.4, 0.5) is 0 Å². The summed E-state index contributed by atoms with van der Waals surface area (Å²) in [6.07, 6.45) is 1.54. The Bertz CT molecular complexity index is 736. The van der Waals surface area contributed by atoms with Gasteiger partial charge >= 0.3 is 0 Å². The molecule has 0 aliphatic carbocycles. The first kappa shape index (κ1) is 20.1. The lowest BCUT2D eigenvalue weighted by Gasteiger charge is -2.29. The van der Waals surface area contributed by atoms with Gasteiger partial charge in [-0.15, -0.1) is 0 Å². The Morgan fingerprint density at radius 1 is 1.08 bits per heavy atom. The normalized spacial score (nSPS) is 14.0. The van der Waals surface area contributed by atoms with Gasteiger partial charge in [-0.25, -0.2) is 4.98 Å². The zero-order chi connectivity index (χ0) is 18.7. The number of likely N-dealkylation sites (N-methyl/N-ethyl adjacent to an activating group) is 1. The van der Waals surface area contributed by atoms with Crippen LogP contribution in [0, 0.1) is 0 Å². The highest BCUT2D eigenvalue weighted by atomic mass is 35.5. The number of aryl methyl sites for hydroxylation is 2. The van der Waals surface area contributed by atoms with E-state index in [1.807, 2.05) is 33.2 Å². The highest BCUT2D eigenvalue weighted by molar-refractivity contribution is 6.36. The maximum Gasteiger partial charge on any atom is 0.0935 e. The van der Waals surface area contributed by atoms with E-state index in [-0.39, 0.29) is 12.1 Å². The van der Waals surface area contributed by atoms with Crippen LogP contribution in [0.5, 0.6) is 0 Å². The molecule has 0 saturated heterocycles. The molecular formula is C19H26Cl2N4. The highest BCUT2D eigenvalue weighted by Gasteiger charge is 2.25. The summed E-state index contributed by atoms with van der Waals surface area (Å²) in [6.45, 7) is 6.16. The molecule has 0 spiro atoms. The third-order valence-corrected chi connectivity index (χ3v) is 4.81. The van der Waals surface area contributed by atoms with E-state index in [0.29, 0.717) is 10.0 Å². The number of aromatic nitrogens is 2. The van der Waals surface area contributed by atoms with Gasteiger partial charge < -0.3 is 5.73 Å². The highest BCUT2D eigenvalue weighted by Crippen LogP contribution is 2.33. The van der Waals surface area contributed by atoms with Crippen LogP contribution in [-0.2, 0) is 12.8 Å². The first-order valence-corrected chi connectivity index (χ1v) is 9.32. The molecule has 25 heavy (non-hydrogen) atoms. The first-order chi connectivity index (χ1) is 11.8. The molecule has 0 aliphatic heterocycles. The van der Waals surface area contributed by atoms with E-state index in [4.69, 9.17) is 38.9 Å². The van der Waals surface area contributed by atoms with Crippen molar-refractivity contribution in [1.29, 1.82) is 0 Å². The predicted octanol–water partition coefficient (Wildman–Crippen LogP) is 4.53. The Morgan fingerprint density at radius 3 is 2.20 bits per heavy atom. The molecule has 1 aromatic heterocycles. The fourth-order valence-electron chi connectivity index (χ4n) is 3.12. The van der Waals surface area contributed by atoms with Gasteiger partial charge in [-0.05, 0) is 52.1 Å². The Morgan fingerprint density at radius 2 is 1.72 bits per heavy atom. The SMILES string of the molecule is CCc1nc(C(C(C)N)N(C)C)c(CC)nc1-c1ccc(Cl)cc1Cl. The van der Waals surface area contributed by atoms with Crippen molar-refractivity contribution in [2.75, 3.05) is 14.1 Å². The van der Waals surface area contributed by atoms with Gasteiger partial charge in [-0.2, -0.15) is 0 Å². The van der Waals surface area contributed by atoms with Crippen LogP contribution < -0.4 is 5.73 Å². The Hall–Kier alpha value is -1.20. The smallest absolute Gasteiger partial charge is 0.0935 e. The molecule has 2 unspecified atom stereocenters. The molecule has 2 rings (SSSR count). The number of hydrogen-bond acceptors (Lipinski definition) is 4. The lowest BCUT2D eigenvalue weighted by molar-refractivity contribution is 0.258. The molecule has 2 N–H and O–H groups in total. The van der Waals surface area contributed by atoms with E-state index < -0.39 is 0 Å². The largest absolute Gasteiger partial charge is 0.326 e. The number of hydrogen-bond donors (Lipinski definition) is 1. The molecule has 1 aromatic carbocycles. The zero-order valence-electron chi connectivity index (χ0n) is 15.5. The molecule has 136 valence electrons. The molecule has 0 bridgehead atoms. The summed E-state index contributed by atoms with van der Waals surface area (Å²) < 4.78 is 0. The third kappa shape index (κ3) is 4.32. The molecule has 0 saturated carbocycles. The van der Waals surface area contributed by atoms with Crippen molar-refractivity contribution in [3.8, 4) is 11.3 Å². The second-order valence-corrected chi connectivity index (χ2v) is 7.29. The molecule has 0 radical (unpaired) electrons. The standard InChI is InChI=1S/C19H26Cl2N4/c1-6-15-17(13-9-8-12(20)10-14(13)21)23-16(7-2)18(24-15)19(11(3)22)25(4)5/h8-11,19H,6-7,22H2,1-5H3. The molecule has 1 heterocycles. The maximum atomic E-state index is 6.41. The number of benzene rings is 1. The second kappa shape index (κ2) is 8.45. The van der Waals surface area contributed by atoms with Crippen molar-refractivity contribution >= 4 is 23.2 Å². The van der Waals surface area contributed by atoms with Crippen LogP contribution in [0.3, 0.4) is 0 Å². The van der Waals surface area contributed by atoms with Crippen LogP contribution in [0.25, 0.3) is 11.3 Å². The third-order valence-electron chi connectivity index (χ3n) is 4.26. The molecule has 2 aromatic rings. The number of rotatable bonds is 6. The minimum Gasteiger partial charge on any atom is -0.326 e. The molecule has 0 aliphatic rings. The molecule has 0 amide bonds. The number of nitrogens with two attached hydrogens (primary N) is 1. The van der Waals surface area contributed by atoms with Crippen LogP contribution in [0.15, 0.2) is 18.2 Å². The van der Waals surface area contributed by atoms with Gasteiger partial charge in [0, 0.05) is 16.6 Å². The van der Waals surface area contributed by atoms with Crippen molar-refractivity contribution in [2.24, 2.45) is 5.73 Å². The lowest BCUT2D eigenvalue weighted by atomic mass is 10.00. The summed E-state index contributed by atoms with van der Waals surface area (Å²) in [6, 6.07) is 5.44. The minimum absolute atomic E-state index is 0.0162. The lowest BCUT2D eigenvalue weighted by Crippen LogP contribution is -2.36. The van der Waals surface area contributed by atoms with Crippen molar-refractivity contribution in [1.82, 2.24) is 14.9 Å². The Kier molecular flexibility index (Phi) is 6.80. The van der Waals surface area contributed by atoms with Crippen LogP contribution >= 0.6 is 23.2 Å². The molecule has 0 fully saturated rings. The van der Waals surface area contributed by atoms with E-state index in [1.165, 1.54) is 0 Å². The Balaban J connectivity index is 2.68. The van der Waals surface area contributed by atoms with Gasteiger partial charge in [-0.3, -0.25) is 9.88 Å². The van der Waals surface area contributed by atoms with Crippen molar-refractivity contribution in [3.63, 3.8) is 0 Å². The topological polar surface area (TPSA) is 55.0 Å². The monoisotopic (exact) mass is 380 g/mol. The maximum absolute atomic E-state index is 6.41. The second-order valence-electron chi connectivity index (χ2n) is 6.45. The predicted molar refractivity (Wildman–Crippen MR) is 106 cm³/mol. The summed E-state index contributed by atoms with van der Waals surface area (Å²) in [5, 5.41) is 1.19. The van der Waals surface area contributed by atoms with Gasteiger partial charge in [0.2, 0.25) is 0 Å². The van der Waals surface area contributed by atoms with Crippen LogP contribution in [0.1, 0.15) is 43.9 Å². The molecular weight excluding hydrogens is 355 g/mol. The van der Waals surface area contributed by atoms with Crippen LogP contribution in [-0.4, -0.2) is 35.0 Å². The van der Waals surface area contributed by atoms with E-state index in [1.54, 1.807) is 6.07 Å². The van der Waals surface area contributed by atoms with Crippen molar-refractivity contribution in [2.45, 2.75) is 45.7 Å². The van der Waals surface area contributed by atoms with E-state index in [0.717, 1.165) is 41.2 Å². The van der Waals surface area contributed by atoms with Gasteiger partial charge in [0.15, 0.2) is 0 Å². The van der Waals surface area contributed by atoms with Gasteiger partial charge in [0.25, 0.3) is 0 Å². The summed E-state index contributed by atoms with van der Waals surface area (Å²) in [4.78, 5) is 12.0. The van der Waals surface area contributed by atoms with Gasteiger partial charge in [0.1, 0.15) is 0 Å². The van der Waals surface area contributed by atoms with Crippen LogP contribution in [0.2, 0.25) is 10.0 Å². The average molecular weight is 381 g/mol. The van der Waals surface area contributed by atoms with Crippen molar-refractivity contribution < 1.29 is 0 Å². The van der Waals surface area contributed by atoms with E-state index in [9.17, 15) is 0 Å². The minimum atomic E-state index is -0.0516. The molecule has 2 atom stereocenters. The summed E-state index contributed by atoms with van der Waals surface area (Å²) in [5.74, 6) is 0. The summed E-state index contributed by atoms with van der Waals surface area (Å²) in [7, 11) is 4.04. The average Bonchev–Trinajstić information content (AvgIpc) is 2.54. The zero-order valence-corrected chi connectivity index (χ0v) is 17.0. The number of nitrogens with zero attached hydrogens (tertiary/aromatic N) is 3. The summed E-state index contributed by atoms with van der Waals surface area (Å²) >= 11 is 12.4. The fraction of sp³-hybridized carbons (Fsp3) is 0.474.